The van der Waals surface area contributed by atoms with Crippen LogP contribution < -0.4 is 44.6 Å². The Balaban J connectivity index is 2.90. The number of carboxylic acid groups (broad SMARTS) is 1. The second-order valence-corrected chi connectivity index (χ2v) is 9.26. The number of amides is 3. The van der Waals surface area contributed by atoms with Crippen molar-refractivity contribution in [1.82, 2.24) is 16.0 Å². The third-order valence-corrected chi connectivity index (χ3v) is 5.96. The number of guanidine groups is 2. The molecule has 40 heavy (non-hydrogen) atoms. The summed E-state index contributed by atoms with van der Waals surface area (Å²) < 4.78 is 0. The van der Waals surface area contributed by atoms with Crippen molar-refractivity contribution in [2.45, 2.75) is 56.3 Å². The van der Waals surface area contributed by atoms with Crippen molar-refractivity contribution < 1.29 is 24.3 Å². The molecule has 14 N–H and O–H groups in total. The fraction of sp³-hybridized carbons (Fsp3) is 0.500. The molecule has 4 atom stereocenters. The number of nitrogens with one attached hydrogen (secondary N) is 3. The number of aliphatic imine (C=N–C) groups is 2. The smallest absolute Gasteiger partial charge is 0.326 e. The first-order valence-corrected chi connectivity index (χ1v) is 13.2. The summed E-state index contributed by atoms with van der Waals surface area (Å²) in [5, 5.41) is 17.2. The number of rotatable bonds is 18. The Bertz CT molecular complexity index is 1030. The van der Waals surface area contributed by atoms with Crippen molar-refractivity contribution in [1.29, 1.82) is 0 Å². The molecule has 1 aromatic carbocycles. The maximum Gasteiger partial charge on any atom is 0.326 e. The highest BCUT2D eigenvalue weighted by atomic mass is 32.1. The topological polar surface area (TPSA) is 279 Å². The minimum Gasteiger partial charge on any atom is -0.480 e. The minimum atomic E-state index is -1.25. The number of nitrogens with two attached hydrogens (primary N) is 5. The molecule has 3 amide bonds. The van der Waals surface area contributed by atoms with Crippen molar-refractivity contribution in [3.05, 3.63) is 35.9 Å². The van der Waals surface area contributed by atoms with Crippen LogP contribution in [-0.2, 0) is 25.6 Å². The van der Waals surface area contributed by atoms with Gasteiger partial charge in [0.1, 0.15) is 18.1 Å². The van der Waals surface area contributed by atoms with E-state index in [2.05, 4.69) is 38.6 Å². The number of carbonyl (C=O) groups excluding carboxylic acids is 3. The number of nitrogens with zero attached hydrogens (tertiary/aromatic N) is 2. The molecular weight excluding hydrogens is 540 g/mol. The van der Waals surface area contributed by atoms with Gasteiger partial charge in [-0.15, -0.1) is 0 Å². The first kappa shape index (κ1) is 34.0. The van der Waals surface area contributed by atoms with Gasteiger partial charge in [-0.25, -0.2) is 4.79 Å². The van der Waals surface area contributed by atoms with Gasteiger partial charge in [0.25, 0.3) is 0 Å². The molecule has 0 aliphatic rings. The molecule has 0 aromatic heterocycles. The highest BCUT2D eigenvalue weighted by molar-refractivity contribution is 7.80. The van der Waals surface area contributed by atoms with Gasteiger partial charge in [0.2, 0.25) is 17.7 Å². The highest BCUT2D eigenvalue weighted by Gasteiger charge is 2.29. The van der Waals surface area contributed by atoms with Crippen LogP contribution in [0, 0.1) is 0 Å². The van der Waals surface area contributed by atoms with Crippen LogP contribution in [0.2, 0.25) is 0 Å². The van der Waals surface area contributed by atoms with E-state index in [4.69, 9.17) is 28.7 Å². The van der Waals surface area contributed by atoms with Gasteiger partial charge >= 0.3 is 5.97 Å². The lowest BCUT2D eigenvalue weighted by Crippen LogP contribution is -2.57. The van der Waals surface area contributed by atoms with Crippen molar-refractivity contribution in [3.8, 4) is 0 Å². The Labute approximate surface area is 238 Å². The minimum absolute atomic E-state index is 0.0347. The number of carboxylic acids is 1. The van der Waals surface area contributed by atoms with Crippen LogP contribution >= 0.6 is 12.6 Å². The van der Waals surface area contributed by atoms with Gasteiger partial charge in [0, 0.05) is 25.3 Å². The molecule has 15 nitrogen and oxygen atoms in total. The second-order valence-electron chi connectivity index (χ2n) is 8.90. The average Bonchev–Trinajstić information content (AvgIpc) is 2.90. The van der Waals surface area contributed by atoms with E-state index in [9.17, 15) is 24.3 Å². The average molecular weight is 581 g/mol. The summed E-state index contributed by atoms with van der Waals surface area (Å²) in [6, 6.07) is 4.33. The number of aliphatic carboxylic acids is 1. The fourth-order valence-electron chi connectivity index (χ4n) is 3.49. The number of hydrogen-bond donors (Lipinski definition) is 10. The molecule has 0 spiro atoms. The van der Waals surface area contributed by atoms with E-state index in [1.807, 2.05) is 0 Å². The van der Waals surface area contributed by atoms with Gasteiger partial charge in [-0.05, 0) is 31.2 Å². The van der Waals surface area contributed by atoms with Crippen LogP contribution in [-0.4, -0.2) is 83.7 Å². The van der Waals surface area contributed by atoms with E-state index in [0.29, 0.717) is 18.4 Å². The monoisotopic (exact) mass is 580 g/mol. The predicted molar refractivity (Wildman–Crippen MR) is 155 cm³/mol. The summed E-state index contributed by atoms with van der Waals surface area (Å²) in [6.45, 7) is 0.466. The van der Waals surface area contributed by atoms with E-state index < -0.39 is 47.9 Å². The molecule has 1 rings (SSSR count). The summed E-state index contributed by atoms with van der Waals surface area (Å²) in [5.74, 6) is -3.55. The number of carbonyl (C=O) groups is 4. The van der Waals surface area contributed by atoms with E-state index in [1.54, 1.807) is 30.3 Å². The lowest BCUT2D eigenvalue weighted by atomic mass is 10.0. The summed E-state index contributed by atoms with van der Waals surface area (Å²) in [5.41, 5.74) is 27.8. The van der Waals surface area contributed by atoms with E-state index in [-0.39, 0.29) is 50.0 Å². The summed E-state index contributed by atoms with van der Waals surface area (Å²) in [7, 11) is 0. The summed E-state index contributed by atoms with van der Waals surface area (Å²) in [4.78, 5) is 58.2. The van der Waals surface area contributed by atoms with Gasteiger partial charge in [0.15, 0.2) is 11.9 Å². The van der Waals surface area contributed by atoms with Gasteiger partial charge in [-0.3, -0.25) is 24.4 Å². The molecule has 0 fully saturated rings. The molecular formula is C24H40N10O5S. The van der Waals surface area contributed by atoms with Gasteiger partial charge < -0.3 is 49.7 Å². The Morgan fingerprint density at radius 1 is 0.775 bits per heavy atom. The maximum absolute atomic E-state index is 13.1. The Morgan fingerprint density at radius 2 is 1.27 bits per heavy atom. The largest absolute Gasteiger partial charge is 0.480 e. The van der Waals surface area contributed by atoms with Crippen molar-refractivity contribution >= 4 is 48.2 Å². The Kier molecular flexibility index (Phi) is 15.5. The normalized spacial score (nSPS) is 13.6. The van der Waals surface area contributed by atoms with Crippen LogP contribution in [0.25, 0.3) is 0 Å². The summed E-state index contributed by atoms with van der Waals surface area (Å²) in [6.07, 6.45) is 1.12. The number of hydrogen-bond acceptors (Lipinski definition) is 8. The molecule has 0 bridgehead atoms. The number of benzene rings is 1. The Hall–Kier alpha value is -4.05. The lowest BCUT2D eigenvalue weighted by molar-refractivity contribution is -0.142. The molecule has 0 saturated heterocycles. The molecule has 0 heterocycles. The molecule has 16 heteroatoms. The highest BCUT2D eigenvalue weighted by Crippen LogP contribution is 2.06. The summed E-state index contributed by atoms with van der Waals surface area (Å²) >= 11 is 4.14. The molecule has 222 valence electrons. The van der Waals surface area contributed by atoms with E-state index in [1.165, 1.54) is 0 Å². The van der Waals surface area contributed by atoms with Gasteiger partial charge in [0.05, 0.1) is 6.04 Å². The van der Waals surface area contributed by atoms with Gasteiger partial charge in [-0.2, -0.15) is 12.6 Å². The fourth-order valence-corrected chi connectivity index (χ4v) is 3.75. The van der Waals surface area contributed by atoms with Crippen LogP contribution in [0.5, 0.6) is 0 Å². The zero-order valence-corrected chi connectivity index (χ0v) is 23.1. The van der Waals surface area contributed by atoms with Crippen LogP contribution in [0.15, 0.2) is 40.3 Å². The Morgan fingerprint density at radius 3 is 1.80 bits per heavy atom. The van der Waals surface area contributed by atoms with Crippen LogP contribution in [0.1, 0.15) is 31.2 Å². The first-order valence-electron chi connectivity index (χ1n) is 12.6. The van der Waals surface area contributed by atoms with Crippen molar-refractivity contribution in [2.75, 3.05) is 18.8 Å². The maximum atomic E-state index is 13.1. The third-order valence-electron chi connectivity index (χ3n) is 5.60. The zero-order chi connectivity index (χ0) is 30.1. The molecule has 4 unspecified atom stereocenters. The van der Waals surface area contributed by atoms with Gasteiger partial charge in [-0.1, -0.05) is 30.3 Å². The molecule has 0 radical (unpaired) electrons. The molecule has 0 saturated carbocycles. The quantitative estimate of drug-likeness (QED) is 0.0366. The SMILES string of the molecule is NC(N)=NCCCC(N)C(=O)NC(CS)C(=O)NC(CCCN=C(N)N)C(=O)NC(Cc1ccccc1)C(=O)O. The number of thiol groups is 1. The second kappa shape index (κ2) is 18.3. The third kappa shape index (κ3) is 13.7. The predicted octanol–water partition coefficient (Wildman–Crippen LogP) is -2.87. The first-order chi connectivity index (χ1) is 18.9. The van der Waals surface area contributed by atoms with E-state index >= 15 is 0 Å². The van der Waals surface area contributed by atoms with Crippen molar-refractivity contribution in [2.24, 2.45) is 38.7 Å². The van der Waals surface area contributed by atoms with Crippen LogP contribution in [0.3, 0.4) is 0 Å². The molecule has 0 aliphatic carbocycles. The standard InChI is InChI=1S/C24H40N10O5S/c25-15(8-4-10-30-23(26)27)19(35)34-18(13-40)21(37)32-16(9-5-11-31-24(28)29)20(36)33-17(22(38)39)12-14-6-2-1-3-7-14/h1-3,6-7,15-18,40H,4-5,8-13,25H2,(H,32,37)(H,33,36)(H,34,35)(H,38,39)(H4,26,27,30)(H4,28,29,31). The molecule has 0 aliphatic heterocycles. The van der Waals surface area contributed by atoms with Crippen molar-refractivity contribution in [3.63, 3.8) is 0 Å². The van der Waals surface area contributed by atoms with Crippen LogP contribution in [0.4, 0.5) is 0 Å². The lowest BCUT2D eigenvalue weighted by Gasteiger charge is -2.24. The van der Waals surface area contributed by atoms with E-state index in [0.717, 1.165) is 0 Å². The molecule has 1 aromatic rings. The zero-order valence-electron chi connectivity index (χ0n) is 22.2.